The third-order valence-corrected chi connectivity index (χ3v) is 6.14. The Kier molecular flexibility index (Phi) is 7.61. The number of rotatable bonds is 7. The minimum absolute atomic E-state index is 0.111. The molecule has 0 aliphatic carbocycles. The van der Waals surface area contributed by atoms with Gasteiger partial charge in [0.1, 0.15) is 5.69 Å². The maximum absolute atomic E-state index is 12.9. The van der Waals surface area contributed by atoms with E-state index in [1.807, 2.05) is 23.1 Å². The zero-order valence-electron chi connectivity index (χ0n) is 18.6. The molecule has 0 unspecified atom stereocenters. The van der Waals surface area contributed by atoms with E-state index in [-0.39, 0.29) is 29.7 Å². The smallest absolute Gasteiger partial charge is 0.349 e. The highest BCUT2D eigenvalue weighted by molar-refractivity contribution is 7.14. The average molecular weight is 505 g/mol. The summed E-state index contributed by atoms with van der Waals surface area (Å²) in [4.78, 5) is 37.1. The predicted octanol–water partition coefficient (Wildman–Crippen LogP) is 3.37. The molecule has 0 saturated carbocycles. The van der Waals surface area contributed by atoms with Gasteiger partial charge in [0.15, 0.2) is 5.13 Å². The van der Waals surface area contributed by atoms with Crippen LogP contribution >= 0.6 is 11.3 Å². The maximum Gasteiger partial charge on any atom is 0.416 e. The molecular formula is C23H23F3N6O2S. The highest BCUT2D eigenvalue weighted by Crippen LogP contribution is 2.32. The molecule has 2 aromatic heterocycles. The lowest BCUT2D eigenvalue weighted by molar-refractivity contribution is -0.137. The number of carbonyl (C=O) groups excluding carboxylic acids is 2. The highest BCUT2D eigenvalue weighted by atomic mass is 32.1. The summed E-state index contributed by atoms with van der Waals surface area (Å²) in [5.41, 5.74) is 0.481. The lowest BCUT2D eigenvalue weighted by atomic mass is 10.2. The fourth-order valence-electron chi connectivity index (χ4n) is 3.55. The summed E-state index contributed by atoms with van der Waals surface area (Å²) in [6.07, 6.45) is -2.77. The van der Waals surface area contributed by atoms with Crippen molar-refractivity contribution in [2.75, 3.05) is 38.0 Å². The maximum atomic E-state index is 12.9. The molecule has 2 N–H and O–H groups in total. The van der Waals surface area contributed by atoms with Crippen LogP contribution in [0.1, 0.15) is 21.7 Å². The molecule has 8 nitrogen and oxygen atoms in total. The standard InChI is InChI=1S/C23H23F3N6O2S/c24-23(25,26)16-4-3-6-17(12-16)29-22-30-19(15-35-22)21(34)32-10-8-31(9-11-32)14-20(33)28-13-18-5-1-2-7-27-18/h1-7,12,15H,8-11,13-14H2,(H,28,33)(H,29,30). The number of pyridine rings is 1. The Morgan fingerprint density at radius 1 is 1.06 bits per heavy atom. The molecule has 4 rings (SSSR count). The molecule has 1 aliphatic heterocycles. The number of thiazole rings is 1. The van der Waals surface area contributed by atoms with E-state index in [1.165, 1.54) is 12.1 Å². The number of alkyl halides is 3. The molecule has 12 heteroatoms. The topological polar surface area (TPSA) is 90.5 Å². The van der Waals surface area contributed by atoms with Gasteiger partial charge in [-0.2, -0.15) is 13.2 Å². The van der Waals surface area contributed by atoms with E-state index in [0.29, 0.717) is 37.9 Å². The Morgan fingerprint density at radius 3 is 2.57 bits per heavy atom. The summed E-state index contributed by atoms with van der Waals surface area (Å²) >= 11 is 1.14. The molecule has 3 heterocycles. The van der Waals surface area contributed by atoms with Gasteiger partial charge in [-0.15, -0.1) is 11.3 Å². The van der Waals surface area contributed by atoms with Crippen LogP contribution in [-0.4, -0.2) is 64.3 Å². The summed E-state index contributed by atoms with van der Waals surface area (Å²) in [5, 5.41) is 7.57. The van der Waals surface area contributed by atoms with E-state index >= 15 is 0 Å². The van der Waals surface area contributed by atoms with Gasteiger partial charge in [-0.05, 0) is 30.3 Å². The number of nitrogens with one attached hydrogen (secondary N) is 2. The first kappa shape index (κ1) is 24.6. The Balaban J connectivity index is 1.25. The first-order valence-electron chi connectivity index (χ1n) is 10.9. The summed E-state index contributed by atoms with van der Waals surface area (Å²) in [6.45, 7) is 2.57. The van der Waals surface area contributed by atoms with Gasteiger partial charge < -0.3 is 15.5 Å². The second-order valence-corrected chi connectivity index (χ2v) is 8.77. The molecule has 3 aromatic rings. The minimum Gasteiger partial charge on any atom is -0.349 e. The van der Waals surface area contributed by atoms with Crippen molar-refractivity contribution < 1.29 is 22.8 Å². The molecule has 0 bridgehead atoms. The van der Waals surface area contributed by atoms with Crippen LogP contribution in [-0.2, 0) is 17.5 Å². The van der Waals surface area contributed by atoms with E-state index in [9.17, 15) is 22.8 Å². The van der Waals surface area contributed by atoms with Gasteiger partial charge in [0, 0.05) is 43.4 Å². The van der Waals surface area contributed by atoms with Crippen LogP contribution in [0.2, 0.25) is 0 Å². The molecule has 0 spiro atoms. The number of piperazine rings is 1. The van der Waals surface area contributed by atoms with Gasteiger partial charge in [-0.3, -0.25) is 19.5 Å². The van der Waals surface area contributed by atoms with Crippen molar-refractivity contribution in [1.29, 1.82) is 0 Å². The number of amides is 2. The van der Waals surface area contributed by atoms with Crippen molar-refractivity contribution in [2.24, 2.45) is 0 Å². The number of hydrogen-bond acceptors (Lipinski definition) is 7. The number of benzene rings is 1. The SMILES string of the molecule is O=C(CN1CCN(C(=O)c2csc(Nc3cccc(C(F)(F)F)c3)n2)CC1)NCc1ccccn1. The van der Waals surface area contributed by atoms with Crippen LogP contribution in [0.3, 0.4) is 0 Å². The quantitative estimate of drug-likeness (QED) is 0.513. The van der Waals surface area contributed by atoms with Crippen molar-refractivity contribution in [1.82, 2.24) is 25.1 Å². The number of anilines is 2. The lowest BCUT2D eigenvalue weighted by Crippen LogP contribution is -2.51. The first-order chi connectivity index (χ1) is 16.8. The van der Waals surface area contributed by atoms with Crippen molar-refractivity contribution in [3.05, 3.63) is 71.0 Å². The largest absolute Gasteiger partial charge is 0.416 e. The highest BCUT2D eigenvalue weighted by Gasteiger charge is 2.30. The Labute approximate surface area is 203 Å². The van der Waals surface area contributed by atoms with Crippen LogP contribution in [0.5, 0.6) is 0 Å². The zero-order valence-corrected chi connectivity index (χ0v) is 19.4. The van der Waals surface area contributed by atoms with Gasteiger partial charge >= 0.3 is 6.18 Å². The predicted molar refractivity (Wildman–Crippen MR) is 125 cm³/mol. The van der Waals surface area contributed by atoms with Crippen LogP contribution < -0.4 is 10.6 Å². The summed E-state index contributed by atoms with van der Waals surface area (Å²) in [6, 6.07) is 10.3. The Bertz CT molecular complexity index is 1160. The average Bonchev–Trinajstić information content (AvgIpc) is 3.31. The summed E-state index contributed by atoms with van der Waals surface area (Å²) in [5.74, 6) is -0.363. The first-order valence-corrected chi connectivity index (χ1v) is 11.7. The van der Waals surface area contributed by atoms with Crippen molar-refractivity contribution in [3.8, 4) is 0 Å². The van der Waals surface area contributed by atoms with Gasteiger partial charge in [0.05, 0.1) is 24.3 Å². The third-order valence-electron chi connectivity index (χ3n) is 5.38. The van der Waals surface area contributed by atoms with Gasteiger partial charge in [-0.1, -0.05) is 12.1 Å². The molecule has 0 atom stereocenters. The molecule has 184 valence electrons. The van der Waals surface area contributed by atoms with Crippen LogP contribution in [0.25, 0.3) is 0 Å². The lowest BCUT2D eigenvalue weighted by Gasteiger charge is -2.33. The monoisotopic (exact) mass is 504 g/mol. The molecule has 0 radical (unpaired) electrons. The molecule has 1 aliphatic rings. The van der Waals surface area contributed by atoms with Crippen molar-refractivity contribution >= 4 is 34.0 Å². The van der Waals surface area contributed by atoms with E-state index in [0.717, 1.165) is 29.2 Å². The second kappa shape index (κ2) is 10.8. The minimum atomic E-state index is -4.44. The van der Waals surface area contributed by atoms with E-state index in [4.69, 9.17) is 0 Å². The summed E-state index contributed by atoms with van der Waals surface area (Å²) in [7, 11) is 0. The van der Waals surface area contributed by atoms with Gasteiger partial charge in [0.2, 0.25) is 5.91 Å². The molecule has 1 fully saturated rings. The van der Waals surface area contributed by atoms with Crippen molar-refractivity contribution in [3.63, 3.8) is 0 Å². The fourth-order valence-corrected chi connectivity index (χ4v) is 4.25. The van der Waals surface area contributed by atoms with Crippen LogP contribution in [0.4, 0.5) is 24.0 Å². The van der Waals surface area contributed by atoms with Crippen LogP contribution in [0.15, 0.2) is 54.0 Å². The molecule has 2 amide bonds. The summed E-state index contributed by atoms with van der Waals surface area (Å²) < 4.78 is 38.7. The molecule has 1 aromatic carbocycles. The second-order valence-electron chi connectivity index (χ2n) is 7.91. The fraction of sp³-hybridized carbons (Fsp3) is 0.304. The zero-order chi connectivity index (χ0) is 24.8. The van der Waals surface area contributed by atoms with Gasteiger partial charge in [-0.25, -0.2) is 4.98 Å². The Morgan fingerprint density at radius 2 is 1.86 bits per heavy atom. The number of nitrogens with zero attached hydrogens (tertiary/aromatic N) is 4. The number of hydrogen-bond donors (Lipinski definition) is 2. The van der Waals surface area contributed by atoms with E-state index in [2.05, 4.69) is 20.6 Å². The number of carbonyl (C=O) groups is 2. The Hall–Kier alpha value is -3.51. The van der Waals surface area contributed by atoms with Gasteiger partial charge in [0.25, 0.3) is 5.91 Å². The van der Waals surface area contributed by atoms with Crippen LogP contribution in [0, 0.1) is 0 Å². The molecule has 1 saturated heterocycles. The van der Waals surface area contributed by atoms with Crippen molar-refractivity contribution in [2.45, 2.75) is 12.7 Å². The van der Waals surface area contributed by atoms with E-state index in [1.54, 1.807) is 16.5 Å². The molecule has 35 heavy (non-hydrogen) atoms. The number of aromatic nitrogens is 2. The normalized spacial score (nSPS) is 14.5. The van der Waals surface area contributed by atoms with E-state index < -0.39 is 11.7 Å². The number of halogens is 3. The third kappa shape index (κ3) is 6.76. The molecular weight excluding hydrogens is 481 g/mol.